The second kappa shape index (κ2) is 8.02. The molecule has 0 radical (unpaired) electrons. The van der Waals surface area contributed by atoms with Crippen LogP contribution in [0.4, 0.5) is 5.69 Å². The third-order valence-electron chi connectivity index (χ3n) is 5.93. The second-order valence-electron chi connectivity index (χ2n) is 7.91. The van der Waals surface area contributed by atoms with Gasteiger partial charge in [-0.05, 0) is 42.7 Å². The molecule has 0 amide bonds. The van der Waals surface area contributed by atoms with Crippen LogP contribution in [-0.2, 0) is 16.6 Å². The monoisotopic (exact) mass is 451 g/mol. The third-order valence-corrected chi connectivity index (χ3v) is 7.80. The Morgan fingerprint density at radius 3 is 2.59 bits per heavy atom. The zero-order valence-corrected chi connectivity index (χ0v) is 18.9. The number of fused-ring (bicyclic) bond motifs is 1. The summed E-state index contributed by atoms with van der Waals surface area (Å²) in [7, 11) is -1.55. The van der Waals surface area contributed by atoms with Crippen LogP contribution in [0.5, 0.6) is 5.75 Å². The summed E-state index contributed by atoms with van der Waals surface area (Å²) in [5, 5.41) is 1.05. The topological polar surface area (TPSA) is 77.6 Å². The molecular weight excluding hydrogens is 426 g/mol. The van der Waals surface area contributed by atoms with Crippen molar-refractivity contribution in [2.75, 3.05) is 23.7 Å². The van der Waals surface area contributed by atoms with Gasteiger partial charge in [0.15, 0.2) is 12.2 Å². The van der Waals surface area contributed by atoms with E-state index in [1.807, 2.05) is 42.5 Å². The van der Waals surface area contributed by atoms with E-state index in [4.69, 9.17) is 9.15 Å². The number of hydrogen-bond acceptors (Lipinski definition) is 5. The molecule has 0 saturated carbocycles. The Morgan fingerprint density at radius 1 is 1.16 bits per heavy atom. The molecule has 32 heavy (non-hydrogen) atoms. The van der Waals surface area contributed by atoms with E-state index < -0.39 is 10.0 Å². The maximum Gasteiger partial charge on any atom is 0.235 e. The number of sulfonamides is 1. The largest absolute Gasteiger partial charge is 0.497 e. The van der Waals surface area contributed by atoms with Crippen LogP contribution in [0.25, 0.3) is 33.5 Å². The molecule has 0 aliphatic carbocycles. The molecule has 2 aromatic heterocycles. The minimum absolute atomic E-state index is 0.205. The van der Waals surface area contributed by atoms with Gasteiger partial charge >= 0.3 is 0 Å². The van der Waals surface area contributed by atoms with Crippen LogP contribution >= 0.6 is 0 Å². The first-order valence-electron chi connectivity index (χ1n) is 10.7. The smallest absolute Gasteiger partial charge is 0.235 e. The lowest BCUT2D eigenvalue weighted by molar-refractivity contribution is 0.415. The molecule has 0 unspecified atom stereocenters. The standard InChI is InChI=1S/C24H25N3O4S/c1-3-11-26-21-14-19(30-2)9-10-20(21)23(22-15-25-16-31-22)24(26)17-5-7-18(8-6-17)27-12-4-13-32(27,28)29/h5-10,14-16H,3-4,11-13H2,1-2H3. The number of oxazole rings is 1. The SMILES string of the molecule is CCCn1c(-c2ccc(N3CCCS3(=O)=O)cc2)c(-c2cnco2)c2ccc(OC)cc21. The van der Waals surface area contributed by atoms with Crippen LogP contribution in [-0.4, -0.2) is 37.4 Å². The van der Waals surface area contributed by atoms with Crippen molar-refractivity contribution < 1.29 is 17.6 Å². The van der Waals surface area contributed by atoms with E-state index in [0.717, 1.165) is 46.4 Å². The summed E-state index contributed by atoms with van der Waals surface area (Å²) < 4.78 is 39.7. The van der Waals surface area contributed by atoms with Gasteiger partial charge in [0.25, 0.3) is 0 Å². The van der Waals surface area contributed by atoms with Crippen LogP contribution in [0.2, 0.25) is 0 Å². The Kier molecular flexibility index (Phi) is 5.17. The molecule has 8 heteroatoms. The number of benzene rings is 2. The number of methoxy groups -OCH3 is 1. The normalized spacial score (nSPS) is 15.5. The molecule has 0 N–H and O–H groups in total. The van der Waals surface area contributed by atoms with Crippen LogP contribution in [0, 0.1) is 0 Å². The molecular formula is C24H25N3O4S. The van der Waals surface area contributed by atoms with Crippen molar-refractivity contribution in [3.05, 3.63) is 55.1 Å². The molecule has 3 heterocycles. The highest BCUT2D eigenvalue weighted by Crippen LogP contribution is 2.42. The van der Waals surface area contributed by atoms with Crippen molar-refractivity contribution in [2.24, 2.45) is 0 Å². The molecule has 1 aliphatic rings. The van der Waals surface area contributed by atoms with Gasteiger partial charge in [-0.25, -0.2) is 13.4 Å². The summed E-state index contributed by atoms with van der Waals surface area (Å²) in [4.78, 5) is 4.14. The number of rotatable bonds is 6. The first-order valence-corrected chi connectivity index (χ1v) is 12.3. The van der Waals surface area contributed by atoms with E-state index in [-0.39, 0.29) is 5.75 Å². The van der Waals surface area contributed by atoms with Gasteiger partial charge in [0, 0.05) is 24.5 Å². The van der Waals surface area contributed by atoms with E-state index in [9.17, 15) is 8.42 Å². The van der Waals surface area contributed by atoms with Gasteiger partial charge < -0.3 is 13.7 Å². The Balaban J connectivity index is 1.72. The highest BCUT2D eigenvalue weighted by Gasteiger charge is 2.29. The maximum atomic E-state index is 12.3. The van der Waals surface area contributed by atoms with Gasteiger partial charge in [0.2, 0.25) is 10.0 Å². The fraction of sp³-hybridized carbons (Fsp3) is 0.292. The van der Waals surface area contributed by atoms with Crippen molar-refractivity contribution in [1.29, 1.82) is 0 Å². The fourth-order valence-electron chi connectivity index (χ4n) is 4.52. The van der Waals surface area contributed by atoms with E-state index in [1.54, 1.807) is 13.3 Å². The quantitative estimate of drug-likeness (QED) is 0.416. The van der Waals surface area contributed by atoms with Crippen LogP contribution in [0.15, 0.2) is 59.5 Å². The van der Waals surface area contributed by atoms with Crippen molar-refractivity contribution in [3.63, 3.8) is 0 Å². The molecule has 0 bridgehead atoms. The predicted molar refractivity (Wildman–Crippen MR) is 125 cm³/mol. The highest BCUT2D eigenvalue weighted by molar-refractivity contribution is 7.93. The van der Waals surface area contributed by atoms with Gasteiger partial charge in [0.05, 0.1) is 41.5 Å². The summed E-state index contributed by atoms with van der Waals surface area (Å²) in [6, 6.07) is 13.8. The Morgan fingerprint density at radius 2 is 1.97 bits per heavy atom. The van der Waals surface area contributed by atoms with Crippen LogP contribution in [0.3, 0.4) is 0 Å². The van der Waals surface area contributed by atoms with E-state index in [0.29, 0.717) is 24.4 Å². The summed E-state index contributed by atoms with van der Waals surface area (Å²) >= 11 is 0. The zero-order chi connectivity index (χ0) is 22.3. The fourth-order valence-corrected chi connectivity index (χ4v) is 6.08. The first-order chi connectivity index (χ1) is 15.5. The lowest BCUT2D eigenvalue weighted by atomic mass is 10.0. The Bertz CT molecular complexity index is 1360. The molecule has 166 valence electrons. The number of nitrogens with zero attached hydrogens (tertiary/aromatic N) is 3. The first kappa shape index (κ1) is 20.6. The Labute approximate surface area is 187 Å². The number of aromatic nitrogens is 2. The number of ether oxygens (including phenoxy) is 1. The van der Waals surface area contributed by atoms with Gasteiger partial charge in [-0.1, -0.05) is 19.1 Å². The summed E-state index contributed by atoms with van der Waals surface area (Å²) in [5.74, 6) is 1.69. The lowest BCUT2D eigenvalue weighted by Gasteiger charge is -2.18. The molecule has 0 spiro atoms. The summed E-state index contributed by atoms with van der Waals surface area (Å²) in [6.45, 7) is 3.49. The van der Waals surface area contributed by atoms with Crippen molar-refractivity contribution in [1.82, 2.24) is 9.55 Å². The van der Waals surface area contributed by atoms with Crippen molar-refractivity contribution in [3.8, 4) is 28.3 Å². The molecule has 1 saturated heterocycles. The summed E-state index contributed by atoms with van der Waals surface area (Å²) in [5.41, 5.74) is 4.73. The zero-order valence-electron chi connectivity index (χ0n) is 18.1. The second-order valence-corrected chi connectivity index (χ2v) is 9.93. The number of aryl methyl sites for hydroxylation is 1. The molecule has 1 aliphatic heterocycles. The average molecular weight is 452 g/mol. The average Bonchev–Trinajstić information content (AvgIpc) is 3.51. The third kappa shape index (κ3) is 3.35. The van der Waals surface area contributed by atoms with Gasteiger partial charge in [-0.2, -0.15) is 0 Å². The van der Waals surface area contributed by atoms with Crippen molar-refractivity contribution in [2.45, 2.75) is 26.3 Å². The maximum absolute atomic E-state index is 12.3. The lowest BCUT2D eigenvalue weighted by Crippen LogP contribution is -2.24. The van der Waals surface area contributed by atoms with Gasteiger partial charge in [-0.15, -0.1) is 0 Å². The molecule has 2 aromatic carbocycles. The Hall–Kier alpha value is -3.26. The molecule has 0 atom stereocenters. The van der Waals surface area contributed by atoms with E-state index >= 15 is 0 Å². The van der Waals surface area contributed by atoms with Gasteiger partial charge in [-0.3, -0.25) is 4.31 Å². The predicted octanol–water partition coefficient (Wildman–Crippen LogP) is 4.92. The van der Waals surface area contributed by atoms with E-state index in [2.05, 4.69) is 16.5 Å². The van der Waals surface area contributed by atoms with Crippen molar-refractivity contribution >= 4 is 26.6 Å². The molecule has 1 fully saturated rings. The molecule has 4 aromatic rings. The highest BCUT2D eigenvalue weighted by atomic mass is 32.2. The van der Waals surface area contributed by atoms with E-state index in [1.165, 1.54) is 10.7 Å². The van der Waals surface area contributed by atoms with Gasteiger partial charge in [0.1, 0.15) is 5.75 Å². The minimum atomic E-state index is -3.22. The number of anilines is 1. The summed E-state index contributed by atoms with van der Waals surface area (Å²) in [6.07, 6.45) is 4.77. The van der Waals surface area contributed by atoms with Crippen LogP contribution in [0.1, 0.15) is 19.8 Å². The molecule has 7 nitrogen and oxygen atoms in total. The minimum Gasteiger partial charge on any atom is -0.497 e. The van der Waals surface area contributed by atoms with Crippen LogP contribution < -0.4 is 9.04 Å². The molecule has 5 rings (SSSR count). The number of hydrogen-bond donors (Lipinski definition) is 0.